The van der Waals surface area contributed by atoms with Crippen molar-refractivity contribution < 1.29 is 23.0 Å². The zero-order valence-electron chi connectivity index (χ0n) is 18.1. The van der Waals surface area contributed by atoms with Gasteiger partial charge in [0, 0.05) is 25.7 Å². The van der Waals surface area contributed by atoms with Gasteiger partial charge in [-0.3, -0.25) is 0 Å². The van der Waals surface area contributed by atoms with Crippen molar-refractivity contribution in [3.63, 3.8) is 0 Å². The monoisotopic (exact) mass is 471 g/mol. The fourth-order valence-corrected chi connectivity index (χ4v) is 3.68. The van der Waals surface area contributed by atoms with Crippen molar-refractivity contribution in [3.8, 4) is 0 Å². The van der Waals surface area contributed by atoms with Crippen LogP contribution in [0.1, 0.15) is 24.0 Å². The molecule has 3 heterocycles. The fourth-order valence-electron chi connectivity index (χ4n) is 3.68. The molecule has 1 fully saturated rings. The largest absolute Gasteiger partial charge is 0.444 e. The molecule has 1 saturated heterocycles. The molecule has 0 spiro atoms. The lowest BCUT2D eigenvalue weighted by Crippen LogP contribution is -2.37. The first-order valence-electron chi connectivity index (χ1n) is 10.6. The quantitative estimate of drug-likeness (QED) is 0.263. The van der Waals surface area contributed by atoms with Gasteiger partial charge in [0.15, 0.2) is 17.5 Å². The molecule has 10 nitrogen and oxygen atoms in total. The predicted octanol–water partition coefficient (Wildman–Crippen LogP) is 3.76. The van der Waals surface area contributed by atoms with E-state index in [1.807, 2.05) is 6.08 Å². The molecule has 0 bridgehead atoms. The first-order chi connectivity index (χ1) is 16.5. The molecule has 34 heavy (non-hydrogen) atoms. The van der Waals surface area contributed by atoms with E-state index in [4.69, 9.17) is 20.7 Å². The number of anilines is 2. The number of nitrogens with zero attached hydrogens (tertiary/aromatic N) is 4. The molecule has 0 unspecified atom stereocenters. The second kappa shape index (κ2) is 10.3. The smallest absolute Gasteiger partial charge is 0.410 e. The zero-order chi connectivity index (χ0) is 24.1. The Labute approximate surface area is 193 Å². The standard InChI is InChI=1S/C22H23F2N7O3/c23-17-2-1-3-18(19(17)24)28-21(29-30-26)16-10-14(11-27-20(16)25)13-4-7-31(8-5-13)22(32)34-15-6-9-33-12-15/h1-4,10-11,15H,5-9,12H2,(H2,25,27)(H2,26,28,29)/t15-/m0/s1. The number of carbonyl (C=O) groups excluding carboxylic acids is 1. The van der Waals surface area contributed by atoms with Crippen LogP contribution in [0.15, 0.2) is 46.9 Å². The third-order valence-electron chi connectivity index (χ3n) is 5.52. The lowest BCUT2D eigenvalue weighted by Gasteiger charge is -2.27. The molecule has 4 rings (SSSR count). The van der Waals surface area contributed by atoms with Gasteiger partial charge in [0.05, 0.1) is 24.5 Å². The Balaban J connectivity index is 1.52. The maximum atomic E-state index is 14.1. The van der Waals surface area contributed by atoms with Crippen molar-refractivity contribution >= 4 is 29.0 Å². The van der Waals surface area contributed by atoms with Gasteiger partial charge in [0.1, 0.15) is 11.9 Å². The van der Waals surface area contributed by atoms with Crippen molar-refractivity contribution in [2.75, 3.05) is 37.4 Å². The highest BCUT2D eigenvalue weighted by Gasteiger charge is 2.25. The van der Waals surface area contributed by atoms with Crippen LogP contribution >= 0.6 is 0 Å². The van der Waals surface area contributed by atoms with Crippen LogP contribution in [0, 0.1) is 17.2 Å². The molecule has 178 valence electrons. The molecule has 0 saturated carbocycles. The number of amidine groups is 1. The lowest BCUT2D eigenvalue weighted by molar-refractivity contribution is 0.0569. The molecule has 0 radical (unpaired) electrons. The number of ether oxygens (including phenoxy) is 2. The summed E-state index contributed by atoms with van der Waals surface area (Å²) in [5, 5.41) is 9.32. The fraction of sp³-hybridized carbons (Fsp3) is 0.318. The van der Waals surface area contributed by atoms with Gasteiger partial charge >= 0.3 is 6.09 Å². The Kier molecular flexibility index (Phi) is 7.07. The van der Waals surface area contributed by atoms with Crippen molar-refractivity contribution in [3.05, 3.63) is 59.3 Å². The average molecular weight is 471 g/mol. The normalized spacial score (nSPS) is 18.4. The SMILES string of the molecule is N=N/N=C(\Nc1cccc(F)c1F)c1cc(C2=CCN(C(=O)O[C@H]3CCOC3)CC2)cnc1N. The molecular formula is C22H23F2N7O3. The molecule has 2 aliphatic rings. The number of nitrogens with two attached hydrogens (primary N) is 1. The summed E-state index contributed by atoms with van der Waals surface area (Å²) in [4.78, 5) is 18.2. The van der Waals surface area contributed by atoms with Gasteiger partial charge in [-0.1, -0.05) is 17.4 Å². The number of benzene rings is 1. The lowest BCUT2D eigenvalue weighted by atomic mass is 9.99. The van der Waals surface area contributed by atoms with Gasteiger partial charge in [-0.05, 0) is 35.8 Å². The summed E-state index contributed by atoms with van der Waals surface area (Å²) in [6.45, 7) is 1.82. The number of carbonyl (C=O) groups is 1. The van der Waals surface area contributed by atoms with Crippen LogP contribution in [-0.2, 0) is 9.47 Å². The third-order valence-corrected chi connectivity index (χ3v) is 5.52. The molecule has 1 amide bonds. The van der Waals surface area contributed by atoms with Crippen LogP contribution < -0.4 is 11.1 Å². The van der Waals surface area contributed by atoms with Crippen LogP contribution in [0.5, 0.6) is 0 Å². The number of pyridine rings is 1. The van der Waals surface area contributed by atoms with Gasteiger partial charge in [-0.2, -0.15) is 5.53 Å². The number of nitrogens with one attached hydrogen (secondary N) is 2. The molecule has 4 N–H and O–H groups in total. The van der Waals surface area contributed by atoms with E-state index < -0.39 is 11.6 Å². The number of aromatic nitrogens is 1. The second-order valence-electron chi connectivity index (χ2n) is 7.73. The summed E-state index contributed by atoms with van der Waals surface area (Å²) in [6, 6.07) is 5.31. The van der Waals surface area contributed by atoms with Crippen LogP contribution in [0.2, 0.25) is 0 Å². The molecule has 0 aliphatic carbocycles. The summed E-state index contributed by atoms with van der Waals surface area (Å²) in [7, 11) is 0. The van der Waals surface area contributed by atoms with Crippen molar-refractivity contribution in [2.45, 2.75) is 18.9 Å². The minimum atomic E-state index is -1.10. The minimum absolute atomic E-state index is 0.0632. The first-order valence-corrected chi connectivity index (χ1v) is 10.6. The van der Waals surface area contributed by atoms with E-state index in [1.54, 1.807) is 17.2 Å². The Morgan fingerprint density at radius 1 is 1.38 bits per heavy atom. The van der Waals surface area contributed by atoms with E-state index >= 15 is 0 Å². The molecule has 2 aromatic rings. The van der Waals surface area contributed by atoms with E-state index in [9.17, 15) is 13.6 Å². The maximum absolute atomic E-state index is 14.1. The second-order valence-corrected chi connectivity index (χ2v) is 7.73. The molecule has 2 aliphatic heterocycles. The maximum Gasteiger partial charge on any atom is 0.410 e. The van der Waals surface area contributed by atoms with Crippen LogP contribution in [0.25, 0.3) is 5.57 Å². The van der Waals surface area contributed by atoms with E-state index in [-0.39, 0.29) is 35.1 Å². The average Bonchev–Trinajstić information content (AvgIpc) is 3.35. The van der Waals surface area contributed by atoms with Crippen molar-refractivity contribution in [1.29, 1.82) is 5.53 Å². The van der Waals surface area contributed by atoms with Gasteiger partial charge in [-0.25, -0.2) is 18.6 Å². The van der Waals surface area contributed by atoms with Gasteiger partial charge < -0.3 is 25.4 Å². The Morgan fingerprint density at radius 2 is 2.24 bits per heavy atom. The molecule has 12 heteroatoms. The number of nitrogen functional groups attached to an aromatic ring is 1. The van der Waals surface area contributed by atoms with E-state index in [0.717, 1.165) is 11.6 Å². The first kappa shape index (κ1) is 23.2. The number of hydrogen-bond acceptors (Lipinski definition) is 7. The Morgan fingerprint density at radius 3 is 2.94 bits per heavy atom. The van der Waals surface area contributed by atoms with Crippen molar-refractivity contribution in [1.82, 2.24) is 9.88 Å². The van der Waals surface area contributed by atoms with Crippen LogP contribution in [0.4, 0.5) is 25.1 Å². The van der Waals surface area contributed by atoms with Crippen LogP contribution in [-0.4, -0.2) is 54.2 Å². The number of rotatable bonds is 5. The summed E-state index contributed by atoms with van der Waals surface area (Å²) < 4.78 is 38.4. The highest BCUT2D eigenvalue weighted by molar-refractivity contribution is 6.11. The molecule has 1 aromatic heterocycles. The predicted molar refractivity (Wildman–Crippen MR) is 120 cm³/mol. The summed E-state index contributed by atoms with van der Waals surface area (Å²) in [5.74, 6) is -2.14. The van der Waals surface area contributed by atoms with Gasteiger partial charge in [0.25, 0.3) is 0 Å². The zero-order valence-corrected chi connectivity index (χ0v) is 18.1. The molecule has 1 aromatic carbocycles. The van der Waals surface area contributed by atoms with E-state index in [2.05, 4.69) is 20.6 Å². The number of amides is 1. The minimum Gasteiger partial charge on any atom is -0.444 e. The summed E-state index contributed by atoms with van der Waals surface area (Å²) in [6.07, 6.45) is 4.11. The van der Waals surface area contributed by atoms with Crippen molar-refractivity contribution in [2.24, 2.45) is 10.3 Å². The summed E-state index contributed by atoms with van der Waals surface area (Å²) in [5.41, 5.74) is 14.8. The molecule has 1 atom stereocenters. The molecular weight excluding hydrogens is 448 g/mol. The van der Waals surface area contributed by atoms with Gasteiger partial charge in [-0.15, -0.1) is 5.10 Å². The number of halogens is 2. The Bertz CT molecular complexity index is 1150. The highest BCUT2D eigenvalue weighted by Crippen LogP contribution is 2.26. The Hall–Kier alpha value is -3.93. The third kappa shape index (κ3) is 5.17. The van der Waals surface area contributed by atoms with E-state index in [0.29, 0.717) is 44.7 Å². The topological polar surface area (TPSA) is 138 Å². The summed E-state index contributed by atoms with van der Waals surface area (Å²) >= 11 is 0. The number of hydrogen-bond donors (Lipinski definition) is 3. The van der Waals surface area contributed by atoms with Gasteiger partial charge in [0.2, 0.25) is 0 Å². The highest BCUT2D eigenvalue weighted by atomic mass is 19.2. The van der Waals surface area contributed by atoms with Crippen LogP contribution in [0.3, 0.4) is 0 Å². The van der Waals surface area contributed by atoms with E-state index in [1.165, 1.54) is 12.1 Å².